The largest absolute Gasteiger partial charge is 0.465 e. The van der Waals surface area contributed by atoms with Crippen LogP contribution in [0.5, 0.6) is 0 Å². The first-order valence-electron chi connectivity index (χ1n) is 9.39. The molecule has 2 aromatic carbocycles. The number of hydrogen-bond acceptors (Lipinski definition) is 4. The first-order valence-corrected chi connectivity index (χ1v) is 9.39. The van der Waals surface area contributed by atoms with Gasteiger partial charge >= 0.3 is 5.97 Å². The molecule has 1 aliphatic rings. The average molecular weight is 366 g/mol. The number of amides is 1. The highest BCUT2D eigenvalue weighted by molar-refractivity contribution is 5.92. The van der Waals surface area contributed by atoms with Crippen molar-refractivity contribution in [2.24, 2.45) is 5.73 Å². The Morgan fingerprint density at radius 1 is 1.07 bits per heavy atom. The minimum atomic E-state index is -0.581. The zero-order valence-electron chi connectivity index (χ0n) is 15.7. The number of hydrogen-bond donors (Lipinski definition) is 1. The number of nitrogens with two attached hydrogens (primary N) is 1. The summed E-state index contributed by atoms with van der Waals surface area (Å²) >= 11 is 0. The molecule has 0 aliphatic carbocycles. The van der Waals surface area contributed by atoms with Crippen molar-refractivity contribution >= 4 is 11.9 Å². The van der Waals surface area contributed by atoms with Gasteiger partial charge in [0.2, 0.25) is 5.91 Å². The molecule has 5 heteroatoms. The zero-order valence-corrected chi connectivity index (χ0v) is 15.7. The highest BCUT2D eigenvalue weighted by Crippen LogP contribution is 2.37. The molecular formula is C22H26N2O3. The van der Waals surface area contributed by atoms with Gasteiger partial charge in [-0.05, 0) is 56.1 Å². The molecule has 27 heavy (non-hydrogen) atoms. The Hall–Kier alpha value is -2.66. The molecule has 2 aromatic rings. The highest BCUT2D eigenvalue weighted by Gasteiger charge is 2.44. The fraction of sp³-hybridized carbons (Fsp3) is 0.364. The summed E-state index contributed by atoms with van der Waals surface area (Å²) in [6, 6.07) is 17.4. The first kappa shape index (κ1) is 19.1. The lowest BCUT2D eigenvalue weighted by molar-refractivity contribution is -0.152. The Morgan fingerprint density at radius 3 is 2.41 bits per heavy atom. The third kappa shape index (κ3) is 4.19. The Labute approximate surface area is 160 Å². The second-order valence-electron chi connectivity index (χ2n) is 7.01. The van der Waals surface area contributed by atoms with E-state index in [1.165, 1.54) is 0 Å². The first-order chi connectivity index (χ1) is 13.0. The number of benzene rings is 2. The van der Waals surface area contributed by atoms with E-state index in [9.17, 15) is 9.59 Å². The molecule has 0 spiro atoms. The molecule has 0 atom stereocenters. The van der Waals surface area contributed by atoms with Gasteiger partial charge in [-0.2, -0.15) is 0 Å². The number of piperidine rings is 1. The maximum atomic E-state index is 12.8. The molecular weight excluding hydrogens is 340 g/mol. The predicted octanol–water partition coefficient (Wildman–Crippen LogP) is 2.88. The minimum Gasteiger partial charge on any atom is -0.465 e. The van der Waals surface area contributed by atoms with Crippen LogP contribution < -0.4 is 5.73 Å². The molecule has 0 saturated carbocycles. The highest BCUT2D eigenvalue weighted by atomic mass is 16.5. The molecule has 5 nitrogen and oxygen atoms in total. The number of nitrogens with zero attached hydrogens (tertiary/aromatic N) is 1. The quantitative estimate of drug-likeness (QED) is 0.798. The van der Waals surface area contributed by atoms with E-state index in [1.54, 1.807) is 6.07 Å². The van der Waals surface area contributed by atoms with Crippen molar-refractivity contribution in [1.82, 2.24) is 4.90 Å². The fourth-order valence-corrected chi connectivity index (χ4v) is 3.81. The van der Waals surface area contributed by atoms with Crippen molar-refractivity contribution in [3.63, 3.8) is 0 Å². The fourth-order valence-electron chi connectivity index (χ4n) is 3.81. The van der Waals surface area contributed by atoms with E-state index in [4.69, 9.17) is 10.5 Å². The lowest BCUT2D eigenvalue weighted by atomic mass is 9.72. The molecule has 0 radical (unpaired) electrons. The monoisotopic (exact) mass is 366 g/mol. The zero-order chi connectivity index (χ0) is 19.3. The summed E-state index contributed by atoms with van der Waals surface area (Å²) in [5, 5.41) is 0. The standard InChI is InChI=1S/C22H26N2O3/c1-2-27-21(26)22(19-9-4-3-5-10-19)11-13-24(14-12-22)16-17-7-6-8-18(15-17)20(23)25/h3-10,15H,2,11-14,16H2,1H3,(H2,23,25). The molecule has 3 rings (SSSR count). The van der Waals surface area contributed by atoms with Crippen molar-refractivity contribution in [3.05, 3.63) is 71.3 Å². The lowest BCUT2D eigenvalue weighted by Crippen LogP contribution is -2.47. The Balaban J connectivity index is 1.74. The van der Waals surface area contributed by atoms with Gasteiger partial charge in [0.15, 0.2) is 0 Å². The normalized spacial score (nSPS) is 16.6. The second kappa shape index (κ2) is 8.35. The van der Waals surface area contributed by atoms with Gasteiger partial charge < -0.3 is 10.5 Å². The van der Waals surface area contributed by atoms with Gasteiger partial charge in [-0.25, -0.2) is 0 Å². The van der Waals surface area contributed by atoms with Crippen LogP contribution in [0.1, 0.15) is 41.3 Å². The summed E-state index contributed by atoms with van der Waals surface area (Å²) in [5.74, 6) is -0.549. The summed E-state index contributed by atoms with van der Waals surface area (Å²) in [7, 11) is 0. The number of carbonyl (C=O) groups excluding carboxylic acids is 2. The summed E-state index contributed by atoms with van der Waals surface area (Å²) < 4.78 is 5.43. The van der Waals surface area contributed by atoms with Gasteiger partial charge in [0.1, 0.15) is 0 Å². The Kier molecular flexibility index (Phi) is 5.91. The number of esters is 1. The van der Waals surface area contributed by atoms with E-state index >= 15 is 0 Å². The minimum absolute atomic E-state index is 0.133. The number of rotatable bonds is 6. The molecule has 1 saturated heterocycles. The van der Waals surface area contributed by atoms with Crippen LogP contribution in [0, 0.1) is 0 Å². The molecule has 2 N–H and O–H groups in total. The van der Waals surface area contributed by atoms with Gasteiger partial charge in [-0.15, -0.1) is 0 Å². The topological polar surface area (TPSA) is 72.6 Å². The molecule has 0 aromatic heterocycles. The van der Waals surface area contributed by atoms with Crippen LogP contribution in [0.4, 0.5) is 0 Å². The molecule has 0 unspecified atom stereocenters. The van der Waals surface area contributed by atoms with Crippen LogP contribution in [-0.2, 0) is 21.5 Å². The van der Waals surface area contributed by atoms with Crippen molar-refractivity contribution in [2.45, 2.75) is 31.7 Å². The van der Waals surface area contributed by atoms with E-state index < -0.39 is 11.3 Å². The lowest BCUT2D eigenvalue weighted by Gasteiger charge is -2.40. The summed E-state index contributed by atoms with van der Waals surface area (Å²) in [6.45, 7) is 4.53. The molecule has 1 amide bonds. The maximum Gasteiger partial charge on any atom is 0.316 e. The van der Waals surface area contributed by atoms with Gasteiger partial charge in [0.05, 0.1) is 12.0 Å². The number of primary amides is 1. The van der Waals surface area contributed by atoms with Gasteiger partial charge in [0.25, 0.3) is 0 Å². The third-order valence-electron chi connectivity index (χ3n) is 5.32. The van der Waals surface area contributed by atoms with Gasteiger partial charge in [0, 0.05) is 12.1 Å². The number of ether oxygens (including phenoxy) is 1. The van der Waals surface area contributed by atoms with Crippen LogP contribution in [0.15, 0.2) is 54.6 Å². The average Bonchev–Trinajstić information content (AvgIpc) is 2.70. The van der Waals surface area contributed by atoms with Crippen molar-refractivity contribution in [1.29, 1.82) is 0 Å². The van der Waals surface area contributed by atoms with Crippen molar-refractivity contribution in [3.8, 4) is 0 Å². The van der Waals surface area contributed by atoms with Crippen LogP contribution in [0.3, 0.4) is 0 Å². The van der Waals surface area contributed by atoms with Crippen LogP contribution in [-0.4, -0.2) is 36.5 Å². The molecule has 1 fully saturated rings. The third-order valence-corrected chi connectivity index (χ3v) is 5.32. The van der Waals surface area contributed by atoms with E-state index in [1.807, 2.05) is 55.5 Å². The predicted molar refractivity (Wildman–Crippen MR) is 104 cm³/mol. The SMILES string of the molecule is CCOC(=O)C1(c2ccccc2)CCN(Cc2cccc(C(N)=O)c2)CC1. The number of likely N-dealkylation sites (tertiary alicyclic amines) is 1. The van der Waals surface area contributed by atoms with Crippen molar-refractivity contribution in [2.75, 3.05) is 19.7 Å². The smallest absolute Gasteiger partial charge is 0.316 e. The van der Waals surface area contributed by atoms with Crippen LogP contribution in [0.25, 0.3) is 0 Å². The number of carbonyl (C=O) groups is 2. The van der Waals surface area contributed by atoms with Crippen molar-refractivity contribution < 1.29 is 14.3 Å². The van der Waals surface area contributed by atoms with E-state index in [0.717, 1.165) is 30.8 Å². The van der Waals surface area contributed by atoms with Crippen LogP contribution >= 0.6 is 0 Å². The van der Waals surface area contributed by atoms with E-state index in [-0.39, 0.29) is 5.97 Å². The molecule has 142 valence electrons. The summed E-state index contributed by atoms with van der Waals surface area (Å²) in [4.78, 5) is 26.5. The van der Waals surface area contributed by atoms with Crippen LogP contribution in [0.2, 0.25) is 0 Å². The maximum absolute atomic E-state index is 12.8. The second-order valence-corrected chi connectivity index (χ2v) is 7.01. The molecule has 1 heterocycles. The molecule has 0 bridgehead atoms. The molecule has 1 aliphatic heterocycles. The Bertz CT molecular complexity index is 796. The Morgan fingerprint density at radius 2 is 1.78 bits per heavy atom. The van der Waals surface area contributed by atoms with Gasteiger partial charge in [-0.3, -0.25) is 14.5 Å². The van der Waals surface area contributed by atoms with E-state index in [0.29, 0.717) is 25.0 Å². The van der Waals surface area contributed by atoms with Gasteiger partial charge in [-0.1, -0.05) is 42.5 Å². The summed E-state index contributed by atoms with van der Waals surface area (Å²) in [5.41, 5.74) is 7.39. The van der Waals surface area contributed by atoms with E-state index in [2.05, 4.69) is 4.90 Å². The summed E-state index contributed by atoms with van der Waals surface area (Å²) in [6.07, 6.45) is 1.43.